The highest BCUT2D eigenvalue weighted by molar-refractivity contribution is 7.20. The number of ketones is 1. The Labute approximate surface area is 113 Å². The molecular formula is C11H12Cl2O3S. The number of aliphatic carboxylic acids is 1. The zero-order valence-electron chi connectivity index (χ0n) is 9.42. The summed E-state index contributed by atoms with van der Waals surface area (Å²) >= 11 is 12.8. The molecule has 6 heteroatoms. The standard InChI is InChI=1S/C11H12Cl2O3S/c1-11(2,5-9(15)16)4-7(14)6-3-8(12)17-10(6)13/h3H,4-5H2,1-2H3,(H,15,16). The predicted octanol–water partition coefficient (Wildman–Crippen LogP) is 4.13. The SMILES string of the molecule is CC(C)(CC(=O)O)CC(=O)c1cc(Cl)sc1Cl. The maximum Gasteiger partial charge on any atom is 0.303 e. The van der Waals surface area contributed by atoms with Gasteiger partial charge in [0.05, 0.1) is 10.8 Å². The summed E-state index contributed by atoms with van der Waals surface area (Å²) in [4.78, 5) is 22.6. The summed E-state index contributed by atoms with van der Waals surface area (Å²) in [6.07, 6.45) is 0.0698. The van der Waals surface area contributed by atoms with Crippen molar-refractivity contribution in [1.29, 1.82) is 0 Å². The van der Waals surface area contributed by atoms with Gasteiger partial charge in [-0.15, -0.1) is 11.3 Å². The average Bonchev–Trinajstić information content (AvgIpc) is 2.41. The molecule has 0 unspecified atom stereocenters. The van der Waals surface area contributed by atoms with Gasteiger partial charge in [-0.3, -0.25) is 9.59 Å². The minimum Gasteiger partial charge on any atom is -0.481 e. The molecule has 0 amide bonds. The number of hydrogen-bond acceptors (Lipinski definition) is 3. The number of carbonyl (C=O) groups is 2. The summed E-state index contributed by atoms with van der Waals surface area (Å²) in [5.74, 6) is -1.10. The molecule has 0 saturated heterocycles. The number of carbonyl (C=O) groups excluding carboxylic acids is 1. The van der Waals surface area contributed by atoms with E-state index in [2.05, 4.69) is 0 Å². The van der Waals surface area contributed by atoms with E-state index in [1.165, 1.54) is 6.07 Å². The highest BCUT2D eigenvalue weighted by Gasteiger charge is 2.27. The van der Waals surface area contributed by atoms with Gasteiger partial charge in [0, 0.05) is 12.0 Å². The summed E-state index contributed by atoms with van der Waals surface area (Å²) in [5.41, 5.74) is -0.221. The van der Waals surface area contributed by atoms with Crippen LogP contribution in [0.25, 0.3) is 0 Å². The molecule has 0 atom stereocenters. The minimum atomic E-state index is -0.919. The van der Waals surface area contributed by atoms with E-state index in [1.54, 1.807) is 13.8 Å². The molecule has 0 spiro atoms. The number of thiophene rings is 1. The Kier molecular flexibility index (Phi) is 4.58. The number of Topliss-reactive ketones (excluding diaryl/α,β-unsaturated/α-hetero) is 1. The zero-order valence-corrected chi connectivity index (χ0v) is 11.7. The molecule has 0 aliphatic rings. The Morgan fingerprint density at radius 3 is 2.35 bits per heavy atom. The molecular weight excluding hydrogens is 283 g/mol. The second kappa shape index (κ2) is 5.38. The third-order valence-electron chi connectivity index (χ3n) is 2.23. The molecule has 94 valence electrons. The maximum atomic E-state index is 11.9. The van der Waals surface area contributed by atoms with Crippen LogP contribution in [-0.2, 0) is 4.79 Å². The fourth-order valence-electron chi connectivity index (χ4n) is 1.53. The van der Waals surface area contributed by atoms with Gasteiger partial charge >= 0.3 is 5.97 Å². The van der Waals surface area contributed by atoms with Crippen LogP contribution < -0.4 is 0 Å². The van der Waals surface area contributed by atoms with E-state index in [-0.39, 0.29) is 18.6 Å². The molecule has 1 aromatic heterocycles. The fraction of sp³-hybridized carbons (Fsp3) is 0.455. The van der Waals surface area contributed by atoms with Crippen LogP contribution in [0.15, 0.2) is 6.07 Å². The highest BCUT2D eigenvalue weighted by atomic mass is 35.5. The molecule has 0 radical (unpaired) electrons. The van der Waals surface area contributed by atoms with E-state index in [4.69, 9.17) is 28.3 Å². The van der Waals surface area contributed by atoms with Crippen LogP contribution in [0.4, 0.5) is 0 Å². The number of carboxylic acid groups (broad SMARTS) is 1. The van der Waals surface area contributed by atoms with E-state index in [0.29, 0.717) is 14.2 Å². The molecule has 0 saturated carbocycles. The van der Waals surface area contributed by atoms with E-state index in [1.807, 2.05) is 0 Å². The van der Waals surface area contributed by atoms with Gasteiger partial charge in [-0.2, -0.15) is 0 Å². The van der Waals surface area contributed by atoms with Crippen molar-refractivity contribution < 1.29 is 14.7 Å². The fourth-order valence-corrected chi connectivity index (χ4v) is 3.03. The third-order valence-corrected chi connectivity index (χ3v) is 3.71. The van der Waals surface area contributed by atoms with E-state index < -0.39 is 11.4 Å². The van der Waals surface area contributed by atoms with E-state index >= 15 is 0 Å². The first-order valence-corrected chi connectivity index (χ1v) is 6.48. The first-order chi connectivity index (χ1) is 7.71. The number of halogens is 2. The number of hydrogen-bond donors (Lipinski definition) is 1. The van der Waals surface area contributed by atoms with Crippen LogP contribution in [-0.4, -0.2) is 16.9 Å². The monoisotopic (exact) mass is 294 g/mol. The molecule has 0 aliphatic heterocycles. The summed E-state index contributed by atoms with van der Waals surface area (Å²) in [6.45, 7) is 3.47. The second-order valence-corrected chi connectivity index (χ2v) is 6.86. The lowest BCUT2D eigenvalue weighted by Gasteiger charge is -2.20. The van der Waals surface area contributed by atoms with Crippen molar-refractivity contribution in [3.8, 4) is 0 Å². The van der Waals surface area contributed by atoms with Gasteiger partial charge in [-0.05, 0) is 11.5 Å². The first-order valence-electron chi connectivity index (χ1n) is 4.91. The molecule has 1 rings (SSSR count). The summed E-state index contributed by atoms with van der Waals surface area (Å²) in [6, 6.07) is 1.52. The van der Waals surface area contributed by atoms with E-state index in [0.717, 1.165) is 11.3 Å². The van der Waals surface area contributed by atoms with Gasteiger partial charge in [0.15, 0.2) is 5.78 Å². The smallest absolute Gasteiger partial charge is 0.303 e. The maximum absolute atomic E-state index is 11.9. The molecule has 0 fully saturated rings. The van der Waals surface area contributed by atoms with Crippen molar-refractivity contribution in [2.45, 2.75) is 26.7 Å². The zero-order chi connectivity index (χ0) is 13.2. The largest absolute Gasteiger partial charge is 0.481 e. The van der Waals surface area contributed by atoms with E-state index in [9.17, 15) is 9.59 Å². The Morgan fingerprint density at radius 2 is 1.94 bits per heavy atom. The van der Waals surface area contributed by atoms with Gasteiger partial charge in [0.25, 0.3) is 0 Å². The van der Waals surface area contributed by atoms with Crippen molar-refractivity contribution in [2.75, 3.05) is 0 Å². The summed E-state index contributed by atoms with van der Waals surface area (Å²) in [7, 11) is 0. The second-order valence-electron chi connectivity index (χ2n) is 4.57. The molecule has 1 aromatic rings. The average molecular weight is 295 g/mol. The van der Waals surface area contributed by atoms with Crippen molar-refractivity contribution in [2.24, 2.45) is 5.41 Å². The van der Waals surface area contributed by atoms with Crippen LogP contribution in [0, 0.1) is 5.41 Å². The molecule has 3 nitrogen and oxygen atoms in total. The molecule has 0 bridgehead atoms. The molecule has 0 aliphatic carbocycles. The predicted molar refractivity (Wildman–Crippen MR) is 69.3 cm³/mol. The highest BCUT2D eigenvalue weighted by Crippen LogP contribution is 2.34. The first kappa shape index (κ1) is 14.5. The number of carboxylic acids is 1. The van der Waals surface area contributed by atoms with Crippen molar-refractivity contribution >= 4 is 46.3 Å². The molecule has 0 aromatic carbocycles. The van der Waals surface area contributed by atoms with Crippen molar-refractivity contribution in [3.63, 3.8) is 0 Å². The van der Waals surface area contributed by atoms with Gasteiger partial charge in [0.1, 0.15) is 4.34 Å². The summed E-state index contributed by atoms with van der Waals surface area (Å²) < 4.78 is 0.806. The minimum absolute atomic E-state index is 0.0613. The Bertz CT molecular complexity index is 452. The third kappa shape index (κ3) is 4.30. The molecule has 17 heavy (non-hydrogen) atoms. The summed E-state index contributed by atoms with van der Waals surface area (Å²) in [5, 5.41) is 8.73. The topological polar surface area (TPSA) is 54.4 Å². The lowest BCUT2D eigenvalue weighted by atomic mass is 9.83. The lowest BCUT2D eigenvalue weighted by Crippen LogP contribution is -2.21. The normalized spacial score (nSPS) is 11.5. The van der Waals surface area contributed by atoms with Gasteiger partial charge in [-0.25, -0.2) is 0 Å². The van der Waals surface area contributed by atoms with Crippen LogP contribution >= 0.6 is 34.5 Å². The molecule has 1 N–H and O–H groups in total. The van der Waals surface area contributed by atoms with Gasteiger partial charge < -0.3 is 5.11 Å². The Hall–Kier alpha value is -0.580. The van der Waals surface area contributed by atoms with Gasteiger partial charge in [0.2, 0.25) is 0 Å². The van der Waals surface area contributed by atoms with Gasteiger partial charge in [-0.1, -0.05) is 37.0 Å². The van der Waals surface area contributed by atoms with Crippen LogP contribution in [0.5, 0.6) is 0 Å². The van der Waals surface area contributed by atoms with Crippen LogP contribution in [0.3, 0.4) is 0 Å². The molecule has 1 heterocycles. The van der Waals surface area contributed by atoms with Crippen LogP contribution in [0.1, 0.15) is 37.0 Å². The van der Waals surface area contributed by atoms with Crippen molar-refractivity contribution in [1.82, 2.24) is 0 Å². The lowest BCUT2D eigenvalue weighted by molar-refractivity contribution is -0.139. The Balaban J connectivity index is 2.79. The quantitative estimate of drug-likeness (QED) is 0.831. The van der Waals surface area contributed by atoms with Crippen LogP contribution in [0.2, 0.25) is 8.67 Å². The number of rotatable bonds is 5. The van der Waals surface area contributed by atoms with Crippen molar-refractivity contribution in [3.05, 3.63) is 20.3 Å². The Morgan fingerprint density at radius 1 is 1.35 bits per heavy atom.